The minimum absolute atomic E-state index is 0.218. The first-order valence-corrected chi connectivity index (χ1v) is 7.02. The van der Waals surface area contributed by atoms with Gasteiger partial charge >= 0.3 is 0 Å². The highest BCUT2D eigenvalue weighted by molar-refractivity contribution is 5.82. The van der Waals surface area contributed by atoms with Crippen LogP contribution in [-0.2, 0) is 4.79 Å². The molecule has 102 valence electrons. The Hall–Kier alpha value is -1.71. The lowest BCUT2D eigenvalue weighted by atomic mass is 10.1. The maximum atomic E-state index is 11.9. The van der Waals surface area contributed by atoms with Gasteiger partial charge in [-0.1, -0.05) is 6.42 Å². The van der Waals surface area contributed by atoms with E-state index in [1.54, 1.807) is 12.1 Å². The zero-order chi connectivity index (χ0) is 13.2. The summed E-state index contributed by atoms with van der Waals surface area (Å²) in [6.45, 7) is 1.07. The molecule has 1 amide bonds. The Kier molecular flexibility index (Phi) is 3.32. The van der Waals surface area contributed by atoms with E-state index in [9.17, 15) is 4.79 Å². The Bertz CT molecular complexity index is 448. The van der Waals surface area contributed by atoms with Crippen molar-refractivity contribution >= 4 is 11.6 Å². The second kappa shape index (κ2) is 5.11. The van der Waals surface area contributed by atoms with Gasteiger partial charge < -0.3 is 15.8 Å². The predicted molar refractivity (Wildman–Crippen MR) is 73.7 cm³/mol. The molecule has 2 aliphatic rings. The standard InChI is InChI=1S/C15H20N2O2/c16-10-4-6-11(7-5-10)19-9-8-17-15(18)14-12-2-1-3-13(12)14/h4-7,12-14H,1-3,8-9,16H2,(H,17,18). The highest BCUT2D eigenvalue weighted by atomic mass is 16.5. The predicted octanol–water partition coefficient (Wildman–Crippen LogP) is 1.81. The topological polar surface area (TPSA) is 64.3 Å². The monoisotopic (exact) mass is 260 g/mol. The van der Waals surface area contributed by atoms with Gasteiger partial charge in [-0.15, -0.1) is 0 Å². The van der Waals surface area contributed by atoms with E-state index in [4.69, 9.17) is 10.5 Å². The fraction of sp³-hybridized carbons (Fsp3) is 0.533. The number of ether oxygens (including phenoxy) is 1. The number of carbonyl (C=O) groups is 1. The van der Waals surface area contributed by atoms with Crippen molar-refractivity contribution in [3.8, 4) is 5.75 Å². The van der Waals surface area contributed by atoms with Crippen molar-refractivity contribution in [2.45, 2.75) is 19.3 Å². The molecule has 3 N–H and O–H groups in total. The average Bonchev–Trinajstić information content (AvgIpc) is 2.90. The van der Waals surface area contributed by atoms with Gasteiger partial charge in [0.1, 0.15) is 12.4 Å². The summed E-state index contributed by atoms with van der Waals surface area (Å²) >= 11 is 0. The summed E-state index contributed by atoms with van der Waals surface area (Å²) < 4.78 is 5.54. The maximum Gasteiger partial charge on any atom is 0.223 e. The van der Waals surface area contributed by atoms with Crippen molar-refractivity contribution in [2.24, 2.45) is 17.8 Å². The van der Waals surface area contributed by atoms with Crippen LogP contribution in [0.3, 0.4) is 0 Å². The van der Waals surface area contributed by atoms with Crippen molar-refractivity contribution < 1.29 is 9.53 Å². The molecular weight excluding hydrogens is 240 g/mol. The van der Waals surface area contributed by atoms with E-state index < -0.39 is 0 Å². The Morgan fingerprint density at radius 1 is 1.26 bits per heavy atom. The third-order valence-electron chi connectivity index (χ3n) is 4.26. The largest absolute Gasteiger partial charge is 0.492 e. The fourth-order valence-corrected chi connectivity index (χ4v) is 3.24. The molecule has 0 saturated heterocycles. The highest BCUT2D eigenvalue weighted by Gasteiger charge is 2.56. The lowest BCUT2D eigenvalue weighted by Gasteiger charge is -2.08. The summed E-state index contributed by atoms with van der Waals surface area (Å²) in [5, 5.41) is 2.97. The van der Waals surface area contributed by atoms with E-state index in [-0.39, 0.29) is 5.91 Å². The third-order valence-corrected chi connectivity index (χ3v) is 4.26. The van der Waals surface area contributed by atoms with Crippen LogP contribution in [0.5, 0.6) is 5.75 Å². The number of nitrogens with one attached hydrogen (secondary N) is 1. The molecule has 2 saturated carbocycles. The van der Waals surface area contributed by atoms with Gasteiger partial charge in [-0.25, -0.2) is 0 Å². The molecule has 0 heterocycles. The summed E-state index contributed by atoms with van der Waals surface area (Å²) in [6.07, 6.45) is 3.79. The minimum Gasteiger partial charge on any atom is -0.492 e. The van der Waals surface area contributed by atoms with Crippen LogP contribution in [0.1, 0.15) is 19.3 Å². The van der Waals surface area contributed by atoms with Crippen LogP contribution in [0, 0.1) is 17.8 Å². The van der Waals surface area contributed by atoms with E-state index >= 15 is 0 Å². The first-order valence-electron chi connectivity index (χ1n) is 7.02. The SMILES string of the molecule is Nc1ccc(OCCNC(=O)C2C3CCCC32)cc1. The van der Waals surface area contributed by atoms with Gasteiger partial charge in [-0.05, 0) is 48.9 Å². The Morgan fingerprint density at radius 2 is 1.95 bits per heavy atom. The van der Waals surface area contributed by atoms with E-state index in [2.05, 4.69) is 5.32 Å². The van der Waals surface area contributed by atoms with Gasteiger partial charge in [0.05, 0.1) is 6.54 Å². The van der Waals surface area contributed by atoms with Crippen LogP contribution in [0.25, 0.3) is 0 Å². The summed E-state index contributed by atoms with van der Waals surface area (Å²) in [6, 6.07) is 7.28. The van der Waals surface area contributed by atoms with Crippen LogP contribution in [0.4, 0.5) is 5.69 Å². The number of hydrogen-bond acceptors (Lipinski definition) is 3. The van der Waals surface area contributed by atoms with Crippen LogP contribution >= 0.6 is 0 Å². The van der Waals surface area contributed by atoms with Gasteiger partial charge in [-0.2, -0.15) is 0 Å². The summed E-state index contributed by atoms with van der Waals surface area (Å²) in [5.74, 6) is 2.66. The number of carbonyl (C=O) groups excluding carboxylic acids is 1. The van der Waals surface area contributed by atoms with E-state index in [0.717, 1.165) is 11.4 Å². The minimum atomic E-state index is 0.218. The van der Waals surface area contributed by atoms with E-state index in [1.165, 1.54) is 19.3 Å². The average molecular weight is 260 g/mol. The maximum absolute atomic E-state index is 11.9. The van der Waals surface area contributed by atoms with Crippen LogP contribution in [-0.4, -0.2) is 19.1 Å². The van der Waals surface area contributed by atoms with Crippen LogP contribution in [0.2, 0.25) is 0 Å². The molecule has 0 bridgehead atoms. The summed E-state index contributed by atoms with van der Waals surface area (Å²) in [5.41, 5.74) is 6.32. The number of rotatable bonds is 5. The van der Waals surface area contributed by atoms with Crippen molar-refractivity contribution in [1.29, 1.82) is 0 Å². The molecule has 2 fully saturated rings. The summed E-state index contributed by atoms with van der Waals surface area (Å²) in [7, 11) is 0. The van der Waals surface area contributed by atoms with Gasteiger partial charge in [-0.3, -0.25) is 4.79 Å². The normalized spacial score (nSPS) is 27.7. The lowest BCUT2D eigenvalue weighted by Crippen LogP contribution is -2.30. The number of hydrogen-bond donors (Lipinski definition) is 2. The lowest BCUT2D eigenvalue weighted by molar-refractivity contribution is -0.123. The van der Waals surface area contributed by atoms with E-state index in [1.807, 2.05) is 12.1 Å². The van der Waals surface area contributed by atoms with Gasteiger partial charge in [0.2, 0.25) is 5.91 Å². The Balaban J connectivity index is 1.35. The first-order chi connectivity index (χ1) is 9.25. The molecule has 0 spiro atoms. The van der Waals surface area contributed by atoms with E-state index in [0.29, 0.717) is 30.9 Å². The molecule has 3 rings (SSSR count). The number of amides is 1. The molecule has 4 heteroatoms. The van der Waals surface area contributed by atoms with Crippen LogP contribution in [0.15, 0.2) is 24.3 Å². The number of nitrogen functional groups attached to an aromatic ring is 1. The van der Waals surface area contributed by atoms with Gasteiger partial charge in [0.15, 0.2) is 0 Å². The Morgan fingerprint density at radius 3 is 2.63 bits per heavy atom. The Labute approximate surface area is 113 Å². The number of benzene rings is 1. The van der Waals surface area contributed by atoms with Crippen molar-refractivity contribution in [2.75, 3.05) is 18.9 Å². The molecule has 0 radical (unpaired) electrons. The first kappa shape index (κ1) is 12.3. The van der Waals surface area contributed by atoms with Crippen molar-refractivity contribution in [1.82, 2.24) is 5.32 Å². The molecule has 2 aliphatic carbocycles. The molecule has 4 nitrogen and oxygen atoms in total. The van der Waals surface area contributed by atoms with Crippen LogP contribution < -0.4 is 15.8 Å². The number of nitrogens with two attached hydrogens (primary N) is 1. The molecule has 19 heavy (non-hydrogen) atoms. The van der Waals surface area contributed by atoms with Gasteiger partial charge in [0, 0.05) is 11.6 Å². The molecule has 1 aromatic rings. The highest BCUT2D eigenvalue weighted by Crippen LogP contribution is 2.57. The molecule has 0 aromatic heterocycles. The third kappa shape index (κ3) is 2.67. The van der Waals surface area contributed by atoms with Crippen molar-refractivity contribution in [3.63, 3.8) is 0 Å². The molecule has 0 aliphatic heterocycles. The molecule has 2 atom stereocenters. The summed E-state index contributed by atoms with van der Waals surface area (Å²) in [4.78, 5) is 11.9. The second-order valence-corrected chi connectivity index (χ2v) is 5.49. The molecule has 2 unspecified atom stereocenters. The van der Waals surface area contributed by atoms with Gasteiger partial charge in [0.25, 0.3) is 0 Å². The fourth-order valence-electron chi connectivity index (χ4n) is 3.24. The number of anilines is 1. The molecule has 1 aromatic carbocycles. The number of fused-ring (bicyclic) bond motifs is 1. The zero-order valence-corrected chi connectivity index (χ0v) is 11.0. The quantitative estimate of drug-likeness (QED) is 0.627. The molecular formula is C15H20N2O2. The van der Waals surface area contributed by atoms with Crippen molar-refractivity contribution in [3.05, 3.63) is 24.3 Å². The smallest absolute Gasteiger partial charge is 0.223 e. The second-order valence-electron chi connectivity index (χ2n) is 5.49. The zero-order valence-electron chi connectivity index (χ0n) is 11.0.